The fraction of sp³-hybridized carbons (Fsp3) is 0.235. The van der Waals surface area contributed by atoms with E-state index in [1.807, 2.05) is 0 Å². The van der Waals surface area contributed by atoms with E-state index in [-0.39, 0.29) is 0 Å². The minimum atomic E-state index is -3.75. The van der Waals surface area contributed by atoms with Crippen molar-refractivity contribution in [3.05, 3.63) is 57.0 Å². The van der Waals surface area contributed by atoms with Gasteiger partial charge in [-0.1, -0.05) is 40.9 Å². The van der Waals surface area contributed by atoms with Gasteiger partial charge in [0, 0.05) is 20.8 Å². The first-order valence-electron chi connectivity index (χ1n) is 7.51. The number of nitrogens with zero attached hydrogens (tertiary/aromatic N) is 1. The molecule has 26 heavy (non-hydrogen) atoms. The highest BCUT2D eigenvalue weighted by atomic mass is 35.5. The third-order valence-corrected chi connectivity index (χ3v) is 5.53. The van der Waals surface area contributed by atoms with Gasteiger partial charge in [0.05, 0.1) is 11.9 Å². The van der Waals surface area contributed by atoms with E-state index < -0.39 is 22.0 Å². The minimum Gasteiger partial charge on any atom is -0.324 e. The van der Waals surface area contributed by atoms with Crippen LogP contribution in [0.25, 0.3) is 0 Å². The summed E-state index contributed by atoms with van der Waals surface area (Å²) in [6, 6.07) is 8.40. The zero-order chi connectivity index (χ0) is 19.6. The van der Waals surface area contributed by atoms with Crippen LogP contribution < -0.4 is 9.62 Å². The molecule has 1 atom stereocenters. The molecule has 5 nitrogen and oxygen atoms in total. The van der Waals surface area contributed by atoms with Crippen LogP contribution in [-0.2, 0) is 14.8 Å². The number of hydrogen-bond acceptors (Lipinski definition) is 3. The lowest BCUT2D eigenvalue weighted by Crippen LogP contribution is -2.45. The SMILES string of the molecule is Cc1ccc(Cl)cc1N([C@H](C)C(=O)Nc1cc(Cl)cc(Cl)c1)S(C)(=O)=O. The number of carbonyl (C=O) groups is 1. The zero-order valence-electron chi connectivity index (χ0n) is 14.3. The summed E-state index contributed by atoms with van der Waals surface area (Å²) >= 11 is 17.9. The highest BCUT2D eigenvalue weighted by Gasteiger charge is 2.30. The second-order valence-corrected chi connectivity index (χ2v) is 8.98. The summed E-state index contributed by atoms with van der Waals surface area (Å²) in [5.74, 6) is -0.534. The number of nitrogens with one attached hydrogen (secondary N) is 1. The fourth-order valence-electron chi connectivity index (χ4n) is 2.47. The quantitative estimate of drug-likeness (QED) is 0.737. The summed E-state index contributed by atoms with van der Waals surface area (Å²) in [6.07, 6.45) is 1.04. The number of hydrogen-bond donors (Lipinski definition) is 1. The lowest BCUT2D eigenvalue weighted by Gasteiger charge is -2.29. The molecule has 0 aliphatic heterocycles. The van der Waals surface area contributed by atoms with Crippen LogP contribution in [0.4, 0.5) is 11.4 Å². The number of benzene rings is 2. The first-order chi connectivity index (χ1) is 12.0. The predicted octanol–water partition coefficient (Wildman–Crippen LogP) is 4.75. The zero-order valence-corrected chi connectivity index (χ0v) is 17.3. The molecule has 1 N–H and O–H groups in total. The lowest BCUT2D eigenvalue weighted by atomic mass is 10.1. The molecule has 0 aliphatic carbocycles. The Labute approximate surface area is 167 Å². The summed E-state index contributed by atoms with van der Waals surface area (Å²) in [5.41, 5.74) is 1.38. The average molecular weight is 436 g/mol. The number of anilines is 2. The summed E-state index contributed by atoms with van der Waals surface area (Å²) in [5, 5.41) is 3.71. The molecule has 2 aromatic carbocycles. The summed E-state index contributed by atoms with van der Waals surface area (Å²) in [7, 11) is -3.75. The monoisotopic (exact) mass is 434 g/mol. The van der Waals surface area contributed by atoms with E-state index in [4.69, 9.17) is 34.8 Å². The molecule has 0 bridgehead atoms. The molecular weight excluding hydrogens is 419 g/mol. The maximum atomic E-state index is 12.7. The molecule has 0 aromatic heterocycles. The van der Waals surface area contributed by atoms with E-state index in [2.05, 4.69) is 5.32 Å². The molecule has 2 rings (SSSR count). The second-order valence-electron chi connectivity index (χ2n) is 5.81. The lowest BCUT2D eigenvalue weighted by molar-refractivity contribution is -0.116. The Hall–Kier alpha value is -1.47. The van der Waals surface area contributed by atoms with Gasteiger partial charge in [-0.05, 0) is 49.7 Å². The Morgan fingerprint density at radius 1 is 1.04 bits per heavy atom. The van der Waals surface area contributed by atoms with Crippen LogP contribution in [0, 0.1) is 6.92 Å². The van der Waals surface area contributed by atoms with Crippen molar-refractivity contribution in [1.82, 2.24) is 0 Å². The number of aryl methyl sites for hydroxylation is 1. The van der Waals surface area contributed by atoms with Crippen LogP contribution in [0.3, 0.4) is 0 Å². The van der Waals surface area contributed by atoms with Crippen molar-refractivity contribution >= 4 is 62.1 Å². The van der Waals surface area contributed by atoms with Gasteiger partial charge in [-0.3, -0.25) is 9.10 Å². The average Bonchev–Trinajstić information content (AvgIpc) is 2.48. The highest BCUT2D eigenvalue weighted by molar-refractivity contribution is 7.92. The number of halogens is 3. The van der Waals surface area contributed by atoms with E-state index in [9.17, 15) is 13.2 Å². The van der Waals surface area contributed by atoms with E-state index >= 15 is 0 Å². The van der Waals surface area contributed by atoms with Crippen LogP contribution in [-0.4, -0.2) is 26.6 Å². The maximum absolute atomic E-state index is 12.7. The van der Waals surface area contributed by atoms with Crippen molar-refractivity contribution in [2.45, 2.75) is 19.9 Å². The van der Waals surface area contributed by atoms with Gasteiger partial charge in [-0.25, -0.2) is 8.42 Å². The maximum Gasteiger partial charge on any atom is 0.247 e. The van der Waals surface area contributed by atoms with E-state index in [1.165, 1.54) is 31.2 Å². The van der Waals surface area contributed by atoms with Gasteiger partial charge in [0.1, 0.15) is 6.04 Å². The van der Waals surface area contributed by atoms with Gasteiger partial charge >= 0.3 is 0 Å². The molecule has 9 heteroatoms. The van der Waals surface area contributed by atoms with E-state index in [0.717, 1.165) is 10.6 Å². The van der Waals surface area contributed by atoms with Crippen LogP contribution >= 0.6 is 34.8 Å². The summed E-state index contributed by atoms with van der Waals surface area (Å²) < 4.78 is 25.8. The number of amides is 1. The van der Waals surface area contributed by atoms with Crippen molar-refractivity contribution in [3.63, 3.8) is 0 Å². The van der Waals surface area contributed by atoms with Crippen LogP contribution in [0.5, 0.6) is 0 Å². The van der Waals surface area contributed by atoms with Gasteiger partial charge in [-0.2, -0.15) is 0 Å². The van der Waals surface area contributed by atoms with Crippen molar-refractivity contribution in [2.75, 3.05) is 15.9 Å². The van der Waals surface area contributed by atoms with Crippen LogP contribution in [0.15, 0.2) is 36.4 Å². The fourth-order valence-corrected chi connectivity index (χ4v) is 4.39. The Kier molecular flexibility index (Phi) is 6.45. The standard InChI is InChI=1S/C17H17Cl3N2O3S/c1-10-4-5-12(18)9-16(10)22(26(3,24)25)11(2)17(23)21-15-7-13(19)6-14(20)8-15/h4-9,11H,1-3H3,(H,21,23)/t11-/m1/s1. The van der Waals surface area contributed by atoms with Crippen molar-refractivity contribution < 1.29 is 13.2 Å². The Balaban J connectivity index is 2.39. The molecule has 0 unspecified atom stereocenters. The van der Waals surface area contributed by atoms with Crippen molar-refractivity contribution in [1.29, 1.82) is 0 Å². The summed E-state index contributed by atoms with van der Waals surface area (Å²) in [4.78, 5) is 12.7. The highest BCUT2D eigenvalue weighted by Crippen LogP contribution is 2.29. The molecule has 0 aliphatic rings. The molecule has 0 saturated carbocycles. The smallest absolute Gasteiger partial charge is 0.247 e. The second kappa shape index (κ2) is 8.05. The summed E-state index contributed by atoms with van der Waals surface area (Å²) in [6.45, 7) is 3.23. The van der Waals surface area contributed by atoms with Crippen LogP contribution in [0.2, 0.25) is 15.1 Å². The van der Waals surface area contributed by atoms with Gasteiger partial charge in [0.2, 0.25) is 15.9 Å². The third-order valence-electron chi connectivity index (χ3n) is 3.63. The van der Waals surface area contributed by atoms with Gasteiger partial charge < -0.3 is 5.32 Å². The first kappa shape index (κ1) is 20.8. The number of sulfonamides is 1. The van der Waals surface area contributed by atoms with Gasteiger partial charge in [-0.15, -0.1) is 0 Å². The van der Waals surface area contributed by atoms with Crippen molar-refractivity contribution in [3.8, 4) is 0 Å². The molecule has 0 spiro atoms. The number of rotatable bonds is 5. The third kappa shape index (κ3) is 5.04. The topological polar surface area (TPSA) is 66.5 Å². The molecule has 2 aromatic rings. The Morgan fingerprint density at radius 2 is 1.62 bits per heavy atom. The predicted molar refractivity (Wildman–Crippen MR) is 108 cm³/mol. The van der Waals surface area contributed by atoms with Gasteiger partial charge in [0.15, 0.2) is 0 Å². The minimum absolute atomic E-state index is 0.340. The van der Waals surface area contributed by atoms with Gasteiger partial charge in [0.25, 0.3) is 0 Å². The first-order valence-corrected chi connectivity index (χ1v) is 10.5. The Morgan fingerprint density at radius 3 is 2.15 bits per heavy atom. The molecule has 140 valence electrons. The number of carbonyl (C=O) groups excluding carboxylic acids is 1. The van der Waals surface area contributed by atoms with E-state index in [1.54, 1.807) is 19.1 Å². The molecule has 0 heterocycles. The Bertz CT molecular complexity index is 928. The van der Waals surface area contributed by atoms with E-state index in [0.29, 0.717) is 32.0 Å². The molecule has 0 radical (unpaired) electrons. The molecule has 0 fully saturated rings. The van der Waals surface area contributed by atoms with Crippen molar-refractivity contribution in [2.24, 2.45) is 0 Å². The molecule has 1 amide bonds. The molecular formula is C17H17Cl3N2O3S. The van der Waals surface area contributed by atoms with Crippen LogP contribution in [0.1, 0.15) is 12.5 Å². The molecule has 0 saturated heterocycles. The largest absolute Gasteiger partial charge is 0.324 e. The normalized spacial score (nSPS) is 12.5.